The van der Waals surface area contributed by atoms with Crippen LogP contribution in [0.1, 0.15) is 51.0 Å². The topological polar surface area (TPSA) is 0 Å². The fourth-order valence-electron chi connectivity index (χ4n) is 2.03. The van der Waals surface area contributed by atoms with Gasteiger partial charge in [0.25, 0.3) is 0 Å². The molecule has 0 bridgehead atoms. The number of hydrogen-bond acceptors (Lipinski definition) is 0. The number of allylic oxidation sites excluding steroid dienone is 2. The zero-order chi connectivity index (χ0) is 14.5. The van der Waals surface area contributed by atoms with Gasteiger partial charge in [0.2, 0.25) is 0 Å². The monoisotopic (exact) mass is 266 g/mol. The molecule has 0 nitrogen and oxygen atoms in total. The van der Waals surface area contributed by atoms with Gasteiger partial charge in [0.15, 0.2) is 0 Å². The number of hydrogen-bond donors (Lipinski definition) is 0. The molecule has 0 N–H and O–H groups in total. The van der Waals surface area contributed by atoms with Gasteiger partial charge in [-0.2, -0.15) is 0 Å². The largest absolute Gasteiger partial charge is 0.103 e. The molecule has 0 saturated heterocycles. The Morgan fingerprint density at radius 3 is 2.65 bits per heavy atom. The second kappa shape index (κ2) is 11.1. The van der Waals surface area contributed by atoms with Gasteiger partial charge in [0.05, 0.1) is 0 Å². The summed E-state index contributed by atoms with van der Waals surface area (Å²) in [4.78, 5) is 0. The van der Waals surface area contributed by atoms with Crippen molar-refractivity contribution in [3.05, 3.63) is 54.6 Å². The van der Waals surface area contributed by atoms with Gasteiger partial charge in [-0.15, -0.1) is 12.5 Å². The third-order valence-corrected chi connectivity index (χ3v) is 3.19. The zero-order valence-electron chi connectivity index (χ0n) is 12.6. The Hall–Kier alpha value is -1.74. The van der Waals surface area contributed by atoms with E-state index in [4.69, 9.17) is 0 Å². The van der Waals surface area contributed by atoms with Crippen molar-refractivity contribution >= 4 is 6.08 Å². The van der Waals surface area contributed by atoms with E-state index in [0.29, 0.717) is 5.92 Å². The molecule has 0 saturated carbocycles. The van der Waals surface area contributed by atoms with Crippen LogP contribution in [0, 0.1) is 17.8 Å². The Bertz CT molecular complexity index is 442. The standard InChI is InChI=1S/C20H26/c1-3-5-6-7-9-14-19(13-4-2)17-12-18-20-15-10-8-11-16-20/h4,8,10-12,15-16,18-19H,2-3,5-7,13,17H2,1H3/b18-12+. The van der Waals surface area contributed by atoms with Crippen LogP contribution in [0.15, 0.2) is 49.1 Å². The highest BCUT2D eigenvalue weighted by Crippen LogP contribution is 2.11. The van der Waals surface area contributed by atoms with Gasteiger partial charge in [0, 0.05) is 12.3 Å². The van der Waals surface area contributed by atoms with Gasteiger partial charge in [0.1, 0.15) is 0 Å². The zero-order valence-corrected chi connectivity index (χ0v) is 12.6. The molecule has 0 radical (unpaired) electrons. The van der Waals surface area contributed by atoms with Crippen LogP contribution in [-0.4, -0.2) is 0 Å². The predicted octanol–water partition coefficient (Wildman–Crippen LogP) is 5.87. The maximum absolute atomic E-state index is 3.83. The molecule has 0 amide bonds. The van der Waals surface area contributed by atoms with Crippen LogP contribution in [0.5, 0.6) is 0 Å². The molecule has 106 valence electrons. The smallest absolute Gasteiger partial charge is 0.0271 e. The summed E-state index contributed by atoms with van der Waals surface area (Å²) in [5.41, 5.74) is 1.25. The van der Waals surface area contributed by atoms with Crippen molar-refractivity contribution in [1.29, 1.82) is 0 Å². The molecule has 0 heterocycles. The summed E-state index contributed by atoms with van der Waals surface area (Å²) in [5, 5.41) is 0. The normalized spacial score (nSPS) is 11.8. The van der Waals surface area contributed by atoms with E-state index in [1.807, 2.05) is 12.1 Å². The minimum atomic E-state index is 0.411. The summed E-state index contributed by atoms with van der Waals surface area (Å²) in [6.45, 7) is 6.06. The van der Waals surface area contributed by atoms with Crippen molar-refractivity contribution in [2.45, 2.75) is 45.4 Å². The van der Waals surface area contributed by atoms with Crippen molar-refractivity contribution in [2.75, 3.05) is 0 Å². The second-order valence-corrected chi connectivity index (χ2v) is 5.05. The lowest BCUT2D eigenvalue weighted by atomic mass is 10.0. The van der Waals surface area contributed by atoms with Gasteiger partial charge in [-0.3, -0.25) is 0 Å². The second-order valence-electron chi connectivity index (χ2n) is 5.05. The lowest BCUT2D eigenvalue weighted by molar-refractivity contribution is 0.697. The lowest BCUT2D eigenvalue weighted by Crippen LogP contribution is -1.93. The molecule has 1 rings (SSSR count). The number of rotatable bonds is 8. The lowest BCUT2D eigenvalue weighted by Gasteiger charge is -2.03. The van der Waals surface area contributed by atoms with Gasteiger partial charge in [-0.05, 0) is 24.8 Å². The SMILES string of the molecule is C=CCC(C#CCCCCC)C/C=C/c1ccccc1. The summed E-state index contributed by atoms with van der Waals surface area (Å²) in [6.07, 6.45) is 13.2. The molecule has 0 aliphatic heterocycles. The molecule has 20 heavy (non-hydrogen) atoms. The maximum Gasteiger partial charge on any atom is 0.0271 e. The molecular weight excluding hydrogens is 240 g/mol. The highest BCUT2D eigenvalue weighted by Gasteiger charge is 1.99. The molecule has 1 atom stereocenters. The first-order valence-corrected chi connectivity index (χ1v) is 7.67. The molecule has 0 spiro atoms. The van der Waals surface area contributed by atoms with E-state index in [1.54, 1.807) is 0 Å². The van der Waals surface area contributed by atoms with E-state index in [-0.39, 0.29) is 0 Å². The van der Waals surface area contributed by atoms with E-state index in [2.05, 4.69) is 61.8 Å². The van der Waals surface area contributed by atoms with Gasteiger partial charge in [-0.25, -0.2) is 0 Å². The Kier molecular flexibility index (Phi) is 9.07. The number of unbranched alkanes of at least 4 members (excludes halogenated alkanes) is 3. The van der Waals surface area contributed by atoms with Gasteiger partial charge < -0.3 is 0 Å². The van der Waals surface area contributed by atoms with Crippen LogP contribution in [0.2, 0.25) is 0 Å². The molecule has 1 aromatic carbocycles. The first-order chi connectivity index (χ1) is 9.86. The van der Waals surface area contributed by atoms with Crippen LogP contribution in [0.4, 0.5) is 0 Å². The van der Waals surface area contributed by atoms with Crippen LogP contribution in [0.3, 0.4) is 0 Å². The summed E-state index contributed by atoms with van der Waals surface area (Å²) < 4.78 is 0. The fourth-order valence-corrected chi connectivity index (χ4v) is 2.03. The van der Waals surface area contributed by atoms with E-state index in [0.717, 1.165) is 19.3 Å². The quantitative estimate of drug-likeness (QED) is 0.314. The Labute approximate surface area is 124 Å². The molecule has 0 aliphatic carbocycles. The van der Waals surface area contributed by atoms with Crippen LogP contribution < -0.4 is 0 Å². The van der Waals surface area contributed by atoms with Crippen molar-refractivity contribution in [3.8, 4) is 11.8 Å². The predicted molar refractivity (Wildman–Crippen MR) is 90.3 cm³/mol. The van der Waals surface area contributed by atoms with Crippen LogP contribution >= 0.6 is 0 Å². The molecule has 0 aromatic heterocycles. The van der Waals surface area contributed by atoms with E-state index in [1.165, 1.54) is 24.8 Å². The fraction of sp³-hybridized carbons (Fsp3) is 0.400. The number of benzene rings is 1. The first kappa shape index (κ1) is 16.3. The minimum absolute atomic E-state index is 0.411. The van der Waals surface area contributed by atoms with Gasteiger partial charge >= 0.3 is 0 Å². The van der Waals surface area contributed by atoms with E-state index >= 15 is 0 Å². The molecule has 1 unspecified atom stereocenters. The highest BCUT2D eigenvalue weighted by atomic mass is 14.0. The Morgan fingerprint density at radius 1 is 1.15 bits per heavy atom. The average Bonchev–Trinajstić information content (AvgIpc) is 2.48. The molecule has 0 heteroatoms. The van der Waals surface area contributed by atoms with Gasteiger partial charge in [-0.1, -0.05) is 74.2 Å². The third kappa shape index (κ3) is 7.64. The Morgan fingerprint density at radius 2 is 1.95 bits per heavy atom. The van der Waals surface area contributed by atoms with Crippen LogP contribution in [-0.2, 0) is 0 Å². The molecule has 1 aromatic rings. The van der Waals surface area contributed by atoms with E-state index in [9.17, 15) is 0 Å². The minimum Gasteiger partial charge on any atom is -0.103 e. The molecular formula is C20H26. The van der Waals surface area contributed by atoms with Crippen molar-refractivity contribution in [1.82, 2.24) is 0 Å². The van der Waals surface area contributed by atoms with Crippen LogP contribution in [0.25, 0.3) is 6.08 Å². The summed E-state index contributed by atoms with van der Waals surface area (Å²) in [5.74, 6) is 7.13. The van der Waals surface area contributed by atoms with Crippen molar-refractivity contribution in [2.24, 2.45) is 5.92 Å². The summed E-state index contributed by atoms with van der Waals surface area (Å²) in [7, 11) is 0. The Balaban J connectivity index is 2.42. The summed E-state index contributed by atoms with van der Waals surface area (Å²) in [6, 6.07) is 10.4. The first-order valence-electron chi connectivity index (χ1n) is 7.67. The maximum atomic E-state index is 3.83. The highest BCUT2D eigenvalue weighted by molar-refractivity contribution is 5.48. The molecule has 0 aliphatic rings. The van der Waals surface area contributed by atoms with E-state index < -0.39 is 0 Å². The average molecular weight is 266 g/mol. The van der Waals surface area contributed by atoms with Crippen molar-refractivity contribution in [3.63, 3.8) is 0 Å². The third-order valence-electron chi connectivity index (χ3n) is 3.19. The summed E-state index contributed by atoms with van der Waals surface area (Å²) >= 11 is 0. The van der Waals surface area contributed by atoms with Crippen molar-refractivity contribution < 1.29 is 0 Å². The molecule has 0 fully saturated rings.